The number of hydrogen-bond acceptors (Lipinski definition) is 2. The number of para-hydroxylation sites is 1. The number of rotatable bonds is 5. The van der Waals surface area contributed by atoms with Crippen molar-refractivity contribution in [2.45, 2.75) is 26.0 Å². The lowest BCUT2D eigenvalue weighted by Gasteiger charge is -2.16. The van der Waals surface area contributed by atoms with E-state index in [0.29, 0.717) is 6.61 Å². The lowest BCUT2D eigenvalue weighted by molar-refractivity contribution is 0.300. The smallest absolute Gasteiger partial charge is 0.124 e. The summed E-state index contributed by atoms with van der Waals surface area (Å²) in [4.78, 5) is 0. The molecular formula is C16H18BrNO. The molecule has 2 N–H and O–H groups in total. The lowest BCUT2D eigenvalue weighted by atomic mass is 10.0. The highest BCUT2D eigenvalue weighted by Crippen LogP contribution is 2.27. The predicted octanol–water partition coefficient (Wildman–Crippen LogP) is 4.44. The maximum atomic E-state index is 6.10. The Morgan fingerprint density at radius 1 is 1.11 bits per heavy atom. The van der Waals surface area contributed by atoms with Crippen molar-refractivity contribution in [2.75, 3.05) is 0 Å². The molecule has 100 valence electrons. The molecule has 0 spiro atoms. The molecule has 3 heteroatoms. The van der Waals surface area contributed by atoms with E-state index in [2.05, 4.69) is 22.9 Å². The van der Waals surface area contributed by atoms with Crippen molar-refractivity contribution in [1.29, 1.82) is 0 Å². The van der Waals surface area contributed by atoms with Gasteiger partial charge in [-0.2, -0.15) is 0 Å². The third-order valence-electron chi connectivity index (χ3n) is 3.10. The molecule has 0 fully saturated rings. The first-order chi connectivity index (χ1) is 9.22. The van der Waals surface area contributed by atoms with Crippen LogP contribution in [0.15, 0.2) is 53.0 Å². The van der Waals surface area contributed by atoms with Crippen LogP contribution in [0, 0.1) is 0 Å². The van der Waals surface area contributed by atoms with Gasteiger partial charge < -0.3 is 10.5 Å². The summed E-state index contributed by atoms with van der Waals surface area (Å²) in [6.45, 7) is 2.62. The minimum atomic E-state index is 0.0235. The van der Waals surface area contributed by atoms with Crippen molar-refractivity contribution in [2.24, 2.45) is 5.73 Å². The molecule has 2 rings (SSSR count). The fourth-order valence-corrected chi connectivity index (χ4v) is 2.31. The maximum absolute atomic E-state index is 6.10. The van der Waals surface area contributed by atoms with E-state index in [0.717, 1.165) is 27.8 Å². The van der Waals surface area contributed by atoms with Gasteiger partial charge in [0.05, 0.1) is 0 Å². The standard InChI is InChI=1S/C16H18BrNO/c1-2-15(18)13-8-4-6-10-16(13)19-11-12-7-3-5-9-14(12)17/h3-10,15H,2,11,18H2,1H3/t15-/m0/s1. The highest BCUT2D eigenvalue weighted by molar-refractivity contribution is 9.10. The van der Waals surface area contributed by atoms with Crippen molar-refractivity contribution in [3.8, 4) is 5.75 Å². The Kier molecular flexibility index (Phi) is 5.00. The van der Waals surface area contributed by atoms with Crippen LogP contribution in [-0.2, 0) is 6.61 Å². The number of benzene rings is 2. The number of halogens is 1. The van der Waals surface area contributed by atoms with Crippen LogP contribution >= 0.6 is 15.9 Å². The topological polar surface area (TPSA) is 35.2 Å². The number of nitrogens with two attached hydrogens (primary N) is 1. The summed E-state index contributed by atoms with van der Waals surface area (Å²) in [5, 5.41) is 0. The van der Waals surface area contributed by atoms with Gasteiger partial charge in [0, 0.05) is 21.6 Å². The molecule has 0 aliphatic rings. The van der Waals surface area contributed by atoms with E-state index < -0.39 is 0 Å². The van der Waals surface area contributed by atoms with Crippen LogP contribution in [0.1, 0.15) is 30.5 Å². The molecule has 0 aliphatic carbocycles. The highest BCUT2D eigenvalue weighted by atomic mass is 79.9. The van der Waals surface area contributed by atoms with E-state index in [1.54, 1.807) is 0 Å². The quantitative estimate of drug-likeness (QED) is 0.884. The second-order valence-electron chi connectivity index (χ2n) is 4.43. The third-order valence-corrected chi connectivity index (χ3v) is 3.87. The second kappa shape index (κ2) is 6.73. The Bertz CT molecular complexity index is 542. The van der Waals surface area contributed by atoms with Crippen molar-refractivity contribution in [3.63, 3.8) is 0 Å². The Morgan fingerprint density at radius 3 is 2.53 bits per heavy atom. The van der Waals surface area contributed by atoms with E-state index in [-0.39, 0.29) is 6.04 Å². The van der Waals surface area contributed by atoms with Gasteiger partial charge in [-0.15, -0.1) is 0 Å². The molecule has 0 bridgehead atoms. The monoisotopic (exact) mass is 319 g/mol. The zero-order valence-corrected chi connectivity index (χ0v) is 12.6. The van der Waals surface area contributed by atoms with E-state index in [9.17, 15) is 0 Å². The van der Waals surface area contributed by atoms with Gasteiger partial charge in [-0.3, -0.25) is 0 Å². The van der Waals surface area contributed by atoms with Crippen LogP contribution in [0.5, 0.6) is 5.75 Å². The zero-order valence-electron chi connectivity index (χ0n) is 11.0. The van der Waals surface area contributed by atoms with Gasteiger partial charge in [0.2, 0.25) is 0 Å². The van der Waals surface area contributed by atoms with Gasteiger partial charge >= 0.3 is 0 Å². The molecule has 0 saturated carbocycles. The Balaban J connectivity index is 2.14. The Labute approximate surface area is 122 Å². The maximum Gasteiger partial charge on any atom is 0.124 e. The summed E-state index contributed by atoms with van der Waals surface area (Å²) in [5.41, 5.74) is 8.30. The predicted molar refractivity (Wildman–Crippen MR) is 82.1 cm³/mol. The van der Waals surface area contributed by atoms with Crippen LogP contribution in [0.3, 0.4) is 0 Å². The highest BCUT2D eigenvalue weighted by Gasteiger charge is 2.10. The van der Waals surface area contributed by atoms with Crippen molar-refractivity contribution >= 4 is 15.9 Å². The fraction of sp³-hybridized carbons (Fsp3) is 0.250. The fourth-order valence-electron chi connectivity index (χ4n) is 1.91. The summed E-state index contributed by atoms with van der Waals surface area (Å²) >= 11 is 3.53. The number of ether oxygens (including phenoxy) is 1. The molecule has 2 nitrogen and oxygen atoms in total. The first-order valence-corrected chi connectivity index (χ1v) is 7.22. The molecular weight excluding hydrogens is 302 g/mol. The lowest BCUT2D eigenvalue weighted by Crippen LogP contribution is -2.10. The molecule has 0 amide bonds. The molecule has 19 heavy (non-hydrogen) atoms. The molecule has 2 aromatic rings. The van der Waals surface area contributed by atoms with E-state index in [1.165, 1.54) is 0 Å². The van der Waals surface area contributed by atoms with Gasteiger partial charge in [-0.25, -0.2) is 0 Å². The van der Waals surface area contributed by atoms with Crippen LogP contribution < -0.4 is 10.5 Å². The molecule has 0 saturated heterocycles. The van der Waals surface area contributed by atoms with Crippen LogP contribution in [0.4, 0.5) is 0 Å². The Hall–Kier alpha value is -1.32. The van der Waals surface area contributed by atoms with Crippen LogP contribution in [0.25, 0.3) is 0 Å². The second-order valence-corrected chi connectivity index (χ2v) is 5.29. The van der Waals surface area contributed by atoms with Gasteiger partial charge in [0.15, 0.2) is 0 Å². The SMILES string of the molecule is CC[C@H](N)c1ccccc1OCc1ccccc1Br. The molecule has 0 aliphatic heterocycles. The largest absolute Gasteiger partial charge is 0.489 e. The summed E-state index contributed by atoms with van der Waals surface area (Å²) < 4.78 is 6.98. The van der Waals surface area contributed by atoms with Gasteiger partial charge in [0.25, 0.3) is 0 Å². The number of hydrogen-bond donors (Lipinski definition) is 1. The van der Waals surface area contributed by atoms with Crippen molar-refractivity contribution in [3.05, 3.63) is 64.1 Å². The molecule has 0 heterocycles. The Morgan fingerprint density at radius 2 is 1.79 bits per heavy atom. The summed E-state index contributed by atoms with van der Waals surface area (Å²) in [5.74, 6) is 0.868. The molecule has 1 atom stereocenters. The van der Waals surface area contributed by atoms with Gasteiger partial charge in [0.1, 0.15) is 12.4 Å². The average Bonchev–Trinajstić information content (AvgIpc) is 2.46. The van der Waals surface area contributed by atoms with Crippen molar-refractivity contribution in [1.82, 2.24) is 0 Å². The first-order valence-electron chi connectivity index (χ1n) is 6.43. The van der Waals surface area contributed by atoms with E-state index in [1.807, 2.05) is 48.5 Å². The molecule has 0 aromatic heterocycles. The van der Waals surface area contributed by atoms with Gasteiger partial charge in [-0.1, -0.05) is 59.3 Å². The third kappa shape index (κ3) is 3.58. The van der Waals surface area contributed by atoms with Crippen LogP contribution in [0.2, 0.25) is 0 Å². The molecule has 0 radical (unpaired) electrons. The summed E-state index contributed by atoms with van der Waals surface area (Å²) in [7, 11) is 0. The average molecular weight is 320 g/mol. The molecule has 0 unspecified atom stereocenters. The summed E-state index contributed by atoms with van der Waals surface area (Å²) in [6.07, 6.45) is 0.898. The minimum Gasteiger partial charge on any atom is -0.489 e. The zero-order chi connectivity index (χ0) is 13.7. The van der Waals surface area contributed by atoms with Crippen molar-refractivity contribution < 1.29 is 4.74 Å². The molecule has 2 aromatic carbocycles. The van der Waals surface area contributed by atoms with Crippen LogP contribution in [-0.4, -0.2) is 0 Å². The van der Waals surface area contributed by atoms with E-state index >= 15 is 0 Å². The normalized spacial score (nSPS) is 12.2. The van der Waals surface area contributed by atoms with E-state index in [4.69, 9.17) is 10.5 Å². The minimum absolute atomic E-state index is 0.0235. The van der Waals surface area contributed by atoms with Gasteiger partial charge in [-0.05, 0) is 18.6 Å². The first kappa shape index (κ1) is 14.1. The summed E-state index contributed by atoms with van der Waals surface area (Å²) in [6, 6.07) is 16.1.